The van der Waals surface area contributed by atoms with Gasteiger partial charge in [-0.25, -0.2) is 4.68 Å². The lowest BCUT2D eigenvalue weighted by Crippen LogP contribution is -2.32. The van der Waals surface area contributed by atoms with Crippen molar-refractivity contribution in [3.8, 4) is 0 Å². The first-order valence-electron chi connectivity index (χ1n) is 10.3. The molecule has 158 valence electrons. The van der Waals surface area contributed by atoms with Gasteiger partial charge in [0, 0.05) is 17.3 Å². The summed E-state index contributed by atoms with van der Waals surface area (Å²) >= 11 is 1.60. The molecule has 0 fully saturated rings. The fraction of sp³-hybridized carbons (Fsp3) is 0.240. The highest BCUT2D eigenvalue weighted by atomic mass is 32.1. The fourth-order valence-corrected chi connectivity index (χ4v) is 4.56. The Morgan fingerprint density at radius 1 is 1.03 bits per heavy atom. The van der Waals surface area contributed by atoms with Crippen molar-refractivity contribution in [2.45, 2.75) is 26.3 Å². The summed E-state index contributed by atoms with van der Waals surface area (Å²) < 4.78 is 1.22. The average molecular weight is 432 g/mol. The van der Waals surface area contributed by atoms with Crippen LogP contribution < -0.4 is 10.9 Å². The molecule has 4 rings (SSSR count). The number of aromatic nitrogens is 2. The number of hydrogen-bond acceptors (Lipinski definition) is 4. The lowest BCUT2D eigenvalue weighted by molar-refractivity contribution is 0.0938. The summed E-state index contributed by atoms with van der Waals surface area (Å²) in [4.78, 5) is 26.8. The van der Waals surface area contributed by atoms with Crippen molar-refractivity contribution in [1.29, 1.82) is 0 Å². The van der Waals surface area contributed by atoms with E-state index in [1.165, 1.54) is 10.2 Å². The number of thiophene rings is 1. The van der Waals surface area contributed by atoms with E-state index < -0.39 is 0 Å². The topological polar surface area (TPSA) is 64.0 Å². The van der Waals surface area contributed by atoms with Crippen LogP contribution in [0.1, 0.15) is 46.4 Å². The van der Waals surface area contributed by atoms with Gasteiger partial charge in [-0.05, 0) is 41.0 Å². The molecule has 0 spiro atoms. The highest BCUT2D eigenvalue weighted by molar-refractivity contribution is 7.10. The van der Waals surface area contributed by atoms with Gasteiger partial charge in [-0.2, -0.15) is 5.10 Å². The molecule has 0 aliphatic rings. The van der Waals surface area contributed by atoms with Gasteiger partial charge in [-0.15, -0.1) is 11.3 Å². The Morgan fingerprint density at radius 3 is 2.39 bits per heavy atom. The van der Waals surface area contributed by atoms with E-state index in [0.717, 1.165) is 16.9 Å². The van der Waals surface area contributed by atoms with Crippen LogP contribution >= 0.6 is 11.3 Å². The van der Waals surface area contributed by atoms with Gasteiger partial charge in [-0.1, -0.05) is 62.4 Å². The third kappa shape index (κ3) is 4.44. The van der Waals surface area contributed by atoms with E-state index in [0.29, 0.717) is 16.7 Å². The second kappa shape index (κ2) is 8.86. The van der Waals surface area contributed by atoms with E-state index in [1.807, 2.05) is 23.6 Å². The summed E-state index contributed by atoms with van der Waals surface area (Å²) in [6, 6.07) is 19.2. The molecule has 0 aliphatic carbocycles. The summed E-state index contributed by atoms with van der Waals surface area (Å²) in [5.74, 6) is 0.277. The molecule has 2 aromatic heterocycles. The minimum Gasteiger partial charge on any atom is -0.339 e. The Kier molecular flexibility index (Phi) is 6.00. The zero-order chi connectivity index (χ0) is 22.0. The third-order valence-electron chi connectivity index (χ3n) is 5.23. The maximum atomic E-state index is 13.3. The predicted octanol–water partition coefficient (Wildman–Crippen LogP) is 4.71. The summed E-state index contributed by atoms with van der Waals surface area (Å²) in [5, 5.41) is 10.5. The van der Waals surface area contributed by atoms with E-state index in [4.69, 9.17) is 0 Å². The van der Waals surface area contributed by atoms with Gasteiger partial charge in [0.15, 0.2) is 5.69 Å². The molecular formula is C25H25N3O2S. The first-order chi connectivity index (χ1) is 14.9. The Labute approximate surface area is 185 Å². The number of rotatable bonds is 6. The van der Waals surface area contributed by atoms with Crippen LogP contribution in [-0.2, 0) is 13.5 Å². The van der Waals surface area contributed by atoms with Crippen molar-refractivity contribution in [1.82, 2.24) is 15.1 Å². The van der Waals surface area contributed by atoms with Crippen molar-refractivity contribution < 1.29 is 4.79 Å². The van der Waals surface area contributed by atoms with Gasteiger partial charge >= 0.3 is 0 Å². The molecule has 2 aromatic carbocycles. The molecule has 1 atom stereocenters. The van der Waals surface area contributed by atoms with Gasteiger partial charge in [0.2, 0.25) is 0 Å². The van der Waals surface area contributed by atoms with Gasteiger partial charge in [0.25, 0.3) is 11.5 Å². The van der Waals surface area contributed by atoms with Gasteiger partial charge in [0.1, 0.15) is 0 Å². The van der Waals surface area contributed by atoms with Crippen LogP contribution in [0.4, 0.5) is 0 Å². The van der Waals surface area contributed by atoms with Crippen molar-refractivity contribution in [3.05, 3.63) is 98.1 Å². The molecule has 5 nitrogen and oxygen atoms in total. The lowest BCUT2D eigenvalue weighted by Gasteiger charge is -2.19. The maximum Gasteiger partial charge on any atom is 0.274 e. The van der Waals surface area contributed by atoms with Crippen LogP contribution in [0.25, 0.3) is 10.8 Å². The van der Waals surface area contributed by atoms with Crippen LogP contribution in [0.3, 0.4) is 0 Å². The van der Waals surface area contributed by atoms with E-state index in [2.05, 4.69) is 48.5 Å². The lowest BCUT2D eigenvalue weighted by atomic mass is 9.98. The quantitative estimate of drug-likeness (QED) is 0.481. The minimum atomic E-state index is -0.309. The van der Waals surface area contributed by atoms with Gasteiger partial charge < -0.3 is 5.32 Å². The van der Waals surface area contributed by atoms with Gasteiger partial charge in [0.05, 0.1) is 11.4 Å². The van der Waals surface area contributed by atoms with Crippen molar-refractivity contribution in [2.75, 3.05) is 0 Å². The molecule has 0 saturated heterocycles. The summed E-state index contributed by atoms with van der Waals surface area (Å²) in [6.07, 6.45) is 1.02. The molecule has 2 heterocycles. The zero-order valence-corrected chi connectivity index (χ0v) is 18.6. The third-order valence-corrected chi connectivity index (χ3v) is 6.17. The monoisotopic (exact) mass is 431 g/mol. The molecule has 1 amide bonds. The number of aryl methyl sites for hydroxylation is 1. The number of nitrogens with one attached hydrogen (secondary N) is 1. The zero-order valence-electron chi connectivity index (χ0n) is 17.8. The highest BCUT2D eigenvalue weighted by Gasteiger charge is 2.22. The molecule has 4 aromatic rings. The minimum absolute atomic E-state index is 0.220. The largest absolute Gasteiger partial charge is 0.339 e. The predicted molar refractivity (Wildman–Crippen MR) is 126 cm³/mol. The average Bonchev–Trinajstić information content (AvgIpc) is 3.29. The number of nitrogens with zero attached hydrogens (tertiary/aromatic N) is 2. The number of benzene rings is 2. The summed E-state index contributed by atoms with van der Waals surface area (Å²) in [7, 11) is 1.57. The summed E-state index contributed by atoms with van der Waals surface area (Å²) in [5.41, 5.74) is 2.32. The molecule has 0 unspecified atom stereocenters. The van der Waals surface area contributed by atoms with Crippen LogP contribution in [-0.4, -0.2) is 15.7 Å². The van der Waals surface area contributed by atoms with E-state index in [1.54, 1.807) is 36.6 Å². The number of carbonyl (C=O) groups excluding carboxylic acids is 1. The Hall–Kier alpha value is -3.25. The Bertz CT molecular complexity index is 1260. The first-order valence-corrected chi connectivity index (χ1v) is 11.2. The Morgan fingerprint density at radius 2 is 1.74 bits per heavy atom. The molecule has 6 heteroatoms. The van der Waals surface area contributed by atoms with Crippen LogP contribution in [0.15, 0.2) is 70.8 Å². The van der Waals surface area contributed by atoms with Crippen molar-refractivity contribution in [3.63, 3.8) is 0 Å². The number of amides is 1. The first kappa shape index (κ1) is 21.0. The normalized spacial score (nSPS) is 12.3. The van der Waals surface area contributed by atoms with Crippen LogP contribution in [0.2, 0.25) is 0 Å². The van der Waals surface area contributed by atoms with Crippen LogP contribution in [0, 0.1) is 5.92 Å². The van der Waals surface area contributed by atoms with E-state index in [-0.39, 0.29) is 23.2 Å². The smallest absolute Gasteiger partial charge is 0.274 e. The second-order valence-corrected chi connectivity index (χ2v) is 9.06. The number of hydrogen-bond donors (Lipinski definition) is 1. The summed E-state index contributed by atoms with van der Waals surface area (Å²) in [6.45, 7) is 4.40. The second-order valence-electron chi connectivity index (χ2n) is 8.08. The molecule has 0 radical (unpaired) electrons. The van der Waals surface area contributed by atoms with E-state index in [9.17, 15) is 9.59 Å². The van der Waals surface area contributed by atoms with Crippen LogP contribution in [0.5, 0.6) is 0 Å². The Balaban J connectivity index is 1.71. The van der Waals surface area contributed by atoms with Crippen molar-refractivity contribution in [2.24, 2.45) is 13.0 Å². The number of carbonyl (C=O) groups is 1. The highest BCUT2D eigenvalue weighted by Crippen LogP contribution is 2.27. The number of fused-ring (bicyclic) bond motifs is 1. The SMILES string of the molecule is CC(C)Cc1ccc([C@@H](NC(=O)c2nn(C)c(=O)c3ccccc23)c2cccs2)cc1. The van der Waals surface area contributed by atoms with Crippen molar-refractivity contribution >= 4 is 28.0 Å². The molecule has 0 saturated carbocycles. The standard InChI is InChI=1S/C25H25N3O2S/c1-16(2)15-17-10-12-18(13-11-17)22(21-9-6-14-31-21)26-24(29)23-19-7-4-5-8-20(19)25(30)28(3)27-23/h4-14,16,22H,15H2,1-3H3,(H,26,29)/t22-/m1/s1. The molecule has 31 heavy (non-hydrogen) atoms. The fourth-order valence-electron chi connectivity index (χ4n) is 3.76. The molecule has 0 bridgehead atoms. The van der Waals surface area contributed by atoms with Gasteiger partial charge in [-0.3, -0.25) is 9.59 Å². The molecule has 1 N–H and O–H groups in total. The molecular weight excluding hydrogens is 406 g/mol. The molecule has 0 aliphatic heterocycles. The maximum absolute atomic E-state index is 13.3. The van der Waals surface area contributed by atoms with E-state index >= 15 is 0 Å².